The van der Waals surface area contributed by atoms with Crippen molar-refractivity contribution >= 4 is 27.9 Å². The van der Waals surface area contributed by atoms with Crippen molar-refractivity contribution in [2.24, 2.45) is 0 Å². The highest BCUT2D eigenvalue weighted by Gasteiger charge is 2.44. The number of thiophene rings is 1. The predicted molar refractivity (Wildman–Crippen MR) is 150 cm³/mol. The Morgan fingerprint density at radius 3 is 2.26 bits per heavy atom. The van der Waals surface area contributed by atoms with E-state index < -0.39 is 11.5 Å². The van der Waals surface area contributed by atoms with Crippen molar-refractivity contribution in [3.8, 4) is 17.6 Å². The lowest BCUT2D eigenvalue weighted by Crippen LogP contribution is -2.37. The maximum atomic E-state index is 12.8. The van der Waals surface area contributed by atoms with Gasteiger partial charge in [-0.05, 0) is 68.7 Å². The first-order valence-corrected chi connectivity index (χ1v) is 12.9. The van der Waals surface area contributed by atoms with Gasteiger partial charge in [0.2, 0.25) is 17.6 Å². The molecule has 1 N–H and O–H groups in total. The Hall–Kier alpha value is -3.71. The van der Waals surface area contributed by atoms with Crippen LogP contribution in [0, 0.1) is 13.5 Å². The number of benzene rings is 1. The van der Waals surface area contributed by atoms with E-state index in [0.29, 0.717) is 47.4 Å². The summed E-state index contributed by atoms with van der Waals surface area (Å²) in [5.74, 6) is 0.546. The molecule has 0 amide bonds. The van der Waals surface area contributed by atoms with Crippen molar-refractivity contribution in [2.75, 3.05) is 42.0 Å². The summed E-state index contributed by atoms with van der Waals surface area (Å²) in [6.07, 6.45) is 0.390. The normalized spacial score (nSPS) is 13.7. The van der Waals surface area contributed by atoms with E-state index >= 15 is 0 Å². The van der Waals surface area contributed by atoms with Gasteiger partial charge in [0.15, 0.2) is 5.69 Å². The van der Waals surface area contributed by atoms with Crippen molar-refractivity contribution < 1.29 is 19.3 Å². The lowest BCUT2D eigenvalue weighted by atomic mass is 9.74. The van der Waals surface area contributed by atoms with Gasteiger partial charge in [0.25, 0.3) is 0 Å². The molecule has 1 aromatic carbocycles. The number of nitrogens with zero attached hydrogens (tertiary/aromatic N) is 4. The van der Waals surface area contributed by atoms with Gasteiger partial charge in [-0.25, -0.2) is 9.83 Å². The molecule has 0 bridgehead atoms. The molecular weight excluding hydrogens is 500 g/mol. The molecule has 0 radical (unpaired) electrons. The first-order valence-electron chi connectivity index (χ1n) is 12.1. The van der Waals surface area contributed by atoms with E-state index in [-0.39, 0.29) is 0 Å². The molecular formula is C29H32N4O4S. The van der Waals surface area contributed by atoms with Gasteiger partial charge in [-0.3, -0.25) is 0 Å². The second-order valence-electron chi connectivity index (χ2n) is 9.38. The summed E-state index contributed by atoms with van der Waals surface area (Å²) < 4.78 is 16.7. The number of hydrogen-bond donors (Lipinski definition) is 1. The molecule has 0 aliphatic carbocycles. The second-order valence-corrected chi connectivity index (χ2v) is 10.7. The number of fused-ring (bicyclic) bond motifs is 1. The van der Waals surface area contributed by atoms with Crippen LogP contribution in [0.3, 0.4) is 0 Å². The minimum atomic E-state index is -1.43. The summed E-state index contributed by atoms with van der Waals surface area (Å²) in [6.45, 7) is 10.1. The Bertz CT molecular complexity index is 1460. The molecule has 0 fully saturated rings. The van der Waals surface area contributed by atoms with Crippen LogP contribution in [-0.2, 0) is 5.60 Å². The summed E-state index contributed by atoms with van der Waals surface area (Å²) in [5.41, 5.74) is 1.13. The summed E-state index contributed by atoms with van der Waals surface area (Å²) >= 11 is 1.62. The predicted octanol–water partition coefficient (Wildman–Crippen LogP) is 5.55. The molecule has 0 spiro atoms. The Kier molecular flexibility index (Phi) is 8.17. The number of methoxy groups -OCH3 is 3. The zero-order chi connectivity index (χ0) is 27.4. The van der Waals surface area contributed by atoms with Gasteiger partial charge >= 0.3 is 0 Å². The molecule has 3 aromatic heterocycles. The molecule has 0 saturated carbocycles. The third-order valence-electron chi connectivity index (χ3n) is 6.58. The third-order valence-corrected chi connectivity index (χ3v) is 7.65. The quantitative estimate of drug-likeness (QED) is 0.268. The maximum Gasteiger partial charge on any atom is 0.217 e. The van der Waals surface area contributed by atoms with Crippen LogP contribution >= 0.6 is 11.3 Å². The molecule has 8 nitrogen and oxygen atoms in total. The highest BCUT2D eigenvalue weighted by molar-refractivity contribution is 7.12. The molecule has 0 aliphatic rings. The van der Waals surface area contributed by atoms with Crippen LogP contribution in [0.5, 0.6) is 17.6 Å². The lowest BCUT2D eigenvalue weighted by molar-refractivity contribution is 0.00423. The lowest BCUT2D eigenvalue weighted by Gasteiger charge is -2.38. The molecule has 0 aliphatic heterocycles. The number of rotatable bonds is 10. The fourth-order valence-corrected chi connectivity index (χ4v) is 5.73. The van der Waals surface area contributed by atoms with Crippen molar-refractivity contribution in [3.05, 3.63) is 80.8 Å². The zero-order valence-corrected chi connectivity index (χ0v) is 23.3. The van der Waals surface area contributed by atoms with Crippen LogP contribution in [-0.4, -0.2) is 61.9 Å². The van der Waals surface area contributed by atoms with E-state index in [0.717, 1.165) is 20.7 Å². The number of hydrogen-bond acceptors (Lipinski definition) is 8. The molecule has 2 atom stereocenters. The molecule has 3 heterocycles. The first-order chi connectivity index (χ1) is 18.2. The highest BCUT2D eigenvalue weighted by Crippen LogP contribution is 2.50. The maximum absolute atomic E-state index is 12.8. The van der Waals surface area contributed by atoms with Crippen LogP contribution in [0.4, 0.5) is 5.69 Å². The monoisotopic (exact) mass is 532 g/mol. The number of ether oxygens (including phenoxy) is 3. The standard InChI is InChI=1S/C29H32N4O4S/c1-18-8-11-24(38-18)27(22-15-19-14-21(30-2)9-10-23(19)31-28(22)37-7)29(34,12-13-33(3)4)20-16-25(35-5)32-26(17-20)36-6/h8-11,14-17,27,34H,12-13H2,1,3-7H3. The van der Waals surface area contributed by atoms with Crippen molar-refractivity contribution in [3.63, 3.8) is 0 Å². The van der Waals surface area contributed by atoms with Crippen LogP contribution in [0.2, 0.25) is 0 Å². The summed E-state index contributed by atoms with van der Waals surface area (Å²) in [7, 11) is 8.61. The van der Waals surface area contributed by atoms with Crippen molar-refractivity contribution in [1.82, 2.24) is 14.9 Å². The number of aromatic nitrogens is 2. The summed E-state index contributed by atoms with van der Waals surface area (Å²) in [6, 6.07) is 14.9. The fraction of sp³-hybridized carbons (Fsp3) is 0.345. The molecule has 4 aromatic rings. The Morgan fingerprint density at radius 2 is 1.71 bits per heavy atom. The van der Waals surface area contributed by atoms with Gasteiger partial charge in [0.05, 0.1) is 39.3 Å². The average molecular weight is 533 g/mol. The Morgan fingerprint density at radius 1 is 1.00 bits per heavy atom. The highest BCUT2D eigenvalue weighted by atomic mass is 32.1. The smallest absolute Gasteiger partial charge is 0.217 e. The van der Waals surface area contributed by atoms with Crippen LogP contribution in [0.25, 0.3) is 15.7 Å². The van der Waals surface area contributed by atoms with E-state index in [2.05, 4.69) is 9.83 Å². The summed E-state index contributed by atoms with van der Waals surface area (Å²) in [5, 5.41) is 13.6. The molecule has 198 valence electrons. The minimum Gasteiger partial charge on any atom is -0.481 e. The Labute approximate surface area is 227 Å². The van der Waals surface area contributed by atoms with E-state index in [1.165, 1.54) is 14.2 Å². The van der Waals surface area contributed by atoms with Gasteiger partial charge in [-0.2, -0.15) is 4.98 Å². The molecule has 9 heteroatoms. The van der Waals surface area contributed by atoms with E-state index in [1.807, 2.05) is 56.3 Å². The number of aryl methyl sites for hydroxylation is 1. The minimum absolute atomic E-state index is 0.342. The van der Waals surface area contributed by atoms with Crippen LogP contribution < -0.4 is 14.2 Å². The van der Waals surface area contributed by atoms with Crippen molar-refractivity contribution in [2.45, 2.75) is 24.9 Å². The SMILES string of the molecule is [C-]#[N+]c1ccc2nc(OC)c(C(c3ccc(C)s3)C(O)(CCN(C)C)c3cc(OC)nc(OC)c3)cc2c1. The van der Waals surface area contributed by atoms with Gasteiger partial charge in [0, 0.05) is 34.0 Å². The Balaban J connectivity index is 2.05. The largest absolute Gasteiger partial charge is 0.481 e. The molecule has 0 saturated heterocycles. The van der Waals surface area contributed by atoms with E-state index in [4.69, 9.17) is 25.8 Å². The van der Waals surface area contributed by atoms with Gasteiger partial charge < -0.3 is 24.2 Å². The molecule has 4 rings (SSSR count). The van der Waals surface area contributed by atoms with E-state index in [1.54, 1.807) is 36.6 Å². The van der Waals surface area contributed by atoms with Gasteiger partial charge in [0.1, 0.15) is 5.60 Å². The molecule has 38 heavy (non-hydrogen) atoms. The summed E-state index contributed by atoms with van der Waals surface area (Å²) in [4.78, 5) is 16.8. The topological polar surface area (TPSA) is 81.3 Å². The molecule has 2 unspecified atom stereocenters. The zero-order valence-electron chi connectivity index (χ0n) is 22.5. The number of aliphatic hydroxyl groups is 1. The van der Waals surface area contributed by atoms with Crippen LogP contribution in [0.1, 0.15) is 33.2 Å². The second kappa shape index (κ2) is 11.4. The fourth-order valence-electron chi connectivity index (χ4n) is 4.65. The van der Waals surface area contributed by atoms with E-state index in [9.17, 15) is 5.11 Å². The average Bonchev–Trinajstić information content (AvgIpc) is 3.35. The van der Waals surface area contributed by atoms with Crippen molar-refractivity contribution in [1.29, 1.82) is 0 Å². The van der Waals surface area contributed by atoms with Gasteiger partial charge in [-0.15, -0.1) is 11.3 Å². The van der Waals surface area contributed by atoms with Crippen LogP contribution in [0.15, 0.2) is 48.5 Å². The van der Waals surface area contributed by atoms with Gasteiger partial charge in [-0.1, -0.05) is 6.07 Å². The number of pyridine rings is 2. The third kappa shape index (κ3) is 5.43. The first kappa shape index (κ1) is 27.3.